The Balaban J connectivity index is 2.27. The van der Waals surface area contributed by atoms with E-state index in [-0.39, 0.29) is 4.90 Å². The van der Waals surface area contributed by atoms with Crippen LogP contribution < -0.4 is 5.32 Å². The number of amides is 1. The monoisotopic (exact) mass is 273 g/mol. The highest BCUT2D eigenvalue weighted by Gasteiger charge is 2.35. The second-order valence-electron chi connectivity index (χ2n) is 4.07. The van der Waals surface area contributed by atoms with Crippen molar-refractivity contribution in [2.45, 2.75) is 17.0 Å². The van der Waals surface area contributed by atoms with E-state index in [1.807, 2.05) is 0 Å². The van der Waals surface area contributed by atoms with Crippen LogP contribution in [0, 0.1) is 0 Å². The van der Waals surface area contributed by atoms with E-state index in [1.54, 1.807) is 0 Å². The maximum atomic E-state index is 12.7. The lowest BCUT2D eigenvalue weighted by Gasteiger charge is -2.14. The smallest absolute Gasteiger partial charge is 0.408 e. The molecule has 0 radical (unpaired) electrons. The summed E-state index contributed by atoms with van der Waals surface area (Å²) in [5.74, 6) is 0. The van der Waals surface area contributed by atoms with Crippen LogP contribution in [-0.4, -0.2) is 33.5 Å². The molecule has 0 aromatic heterocycles. The Morgan fingerprint density at radius 2 is 1.94 bits per heavy atom. The van der Waals surface area contributed by atoms with E-state index in [4.69, 9.17) is 4.74 Å². The van der Waals surface area contributed by atoms with Crippen molar-refractivity contribution < 1.29 is 22.3 Å². The molecule has 18 heavy (non-hydrogen) atoms. The van der Waals surface area contributed by atoms with Crippen LogP contribution in [0.4, 0.5) is 9.18 Å². The van der Waals surface area contributed by atoms with Crippen LogP contribution >= 0.6 is 0 Å². The summed E-state index contributed by atoms with van der Waals surface area (Å²) in [4.78, 5) is 11.2. The van der Waals surface area contributed by atoms with Gasteiger partial charge in [-0.2, -0.15) is 0 Å². The standard InChI is InChI=1S/C11H12FNO4S/c1-18(15,16)8-4-2-7(3-5-8)10-9(6-12)13-11(14)17-10/h2-5,9-10H,6H2,1H3,(H,13,14)/t9-,10-/m1/s1. The average Bonchev–Trinajstić information content (AvgIpc) is 2.69. The van der Waals surface area contributed by atoms with Gasteiger partial charge in [0.25, 0.3) is 0 Å². The van der Waals surface area contributed by atoms with Gasteiger partial charge in [-0.05, 0) is 17.7 Å². The fourth-order valence-corrected chi connectivity index (χ4v) is 2.41. The van der Waals surface area contributed by atoms with Crippen LogP contribution in [0.15, 0.2) is 29.2 Å². The van der Waals surface area contributed by atoms with Gasteiger partial charge in [-0.1, -0.05) is 12.1 Å². The third-order valence-electron chi connectivity index (χ3n) is 2.71. The topological polar surface area (TPSA) is 72.5 Å². The first-order chi connectivity index (χ1) is 8.41. The molecule has 1 aliphatic rings. The second kappa shape index (κ2) is 4.56. The second-order valence-corrected chi connectivity index (χ2v) is 6.09. The highest BCUT2D eigenvalue weighted by atomic mass is 32.2. The molecule has 2 rings (SSSR count). The zero-order valence-corrected chi connectivity index (χ0v) is 10.4. The maximum absolute atomic E-state index is 12.7. The Bertz CT molecular complexity index is 555. The molecule has 1 heterocycles. The van der Waals surface area contributed by atoms with E-state index in [0.717, 1.165) is 6.26 Å². The molecule has 1 fully saturated rings. The molecule has 5 nitrogen and oxygen atoms in total. The van der Waals surface area contributed by atoms with Crippen molar-refractivity contribution in [2.75, 3.05) is 12.9 Å². The average molecular weight is 273 g/mol. The molecule has 0 saturated carbocycles. The van der Waals surface area contributed by atoms with Crippen molar-refractivity contribution in [3.63, 3.8) is 0 Å². The first-order valence-electron chi connectivity index (χ1n) is 5.25. The van der Waals surface area contributed by atoms with Crippen molar-refractivity contribution in [3.05, 3.63) is 29.8 Å². The predicted octanol–water partition coefficient (Wildman–Crippen LogP) is 1.21. The molecule has 0 aliphatic carbocycles. The minimum atomic E-state index is -3.27. The van der Waals surface area contributed by atoms with Gasteiger partial charge in [-0.3, -0.25) is 0 Å². The number of alkyl halides is 1. The molecule has 1 N–H and O–H groups in total. The summed E-state index contributed by atoms with van der Waals surface area (Å²) >= 11 is 0. The fraction of sp³-hybridized carbons (Fsp3) is 0.364. The molecule has 98 valence electrons. The van der Waals surface area contributed by atoms with Crippen LogP contribution in [0.25, 0.3) is 0 Å². The normalized spacial score (nSPS) is 23.6. The molecule has 7 heteroatoms. The number of hydrogen-bond donors (Lipinski definition) is 1. The zero-order chi connectivity index (χ0) is 13.3. The molecule has 1 amide bonds. The lowest BCUT2D eigenvalue weighted by Crippen LogP contribution is -2.29. The summed E-state index contributed by atoms with van der Waals surface area (Å²) in [7, 11) is -3.27. The van der Waals surface area contributed by atoms with Gasteiger partial charge in [0.05, 0.1) is 4.90 Å². The van der Waals surface area contributed by atoms with E-state index in [0.29, 0.717) is 5.56 Å². The first kappa shape index (κ1) is 12.8. The number of hydrogen-bond acceptors (Lipinski definition) is 4. The largest absolute Gasteiger partial charge is 0.439 e. The number of alkyl carbamates (subject to hydrolysis) is 1. The third kappa shape index (κ3) is 2.45. The van der Waals surface area contributed by atoms with E-state index in [2.05, 4.69) is 5.32 Å². The van der Waals surface area contributed by atoms with Crippen LogP contribution in [0.1, 0.15) is 11.7 Å². The molecule has 0 bridgehead atoms. The minimum absolute atomic E-state index is 0.167. The van der Waals surface area contributed by atoms with Crippen molar-refractivity contribution in [2.24, 2.45) is 0 Å². The minimum Gasteiger partial charge on any atom is -0.439 e. The van der Waals surface area contributed by atoms with Gasteiger partial charge >= 0.3 is 6.09 Å². The zero-order valence-electron chi connectivity index (χ0n) is 9.59. The van der Waals surface area contributed by atoms with Crippen LogP contribution in [0.5, 0.6) is 0 Å². The summed E-state index contributed by atoms with van der Waals surface area (Å²) in [6.45, 7) is -0.746. The lowest BCUT2D eigenvalue weighted by molar-refractivity contribution is 0.128. The molecule has 1 aromatic carbocycles. The van der Waals surface area contributed by atoms with E-state index in [9.17, 15) is 17.6 Å². The number of rotatable bonds is 3. The fourth-order valence-electron chi connectivity index (χ4n) is 1.78. The summed E-state index contributed by atoms with van der Waals surface area (Å²) in [6, 6.07) is 5.12. The number of cyclic esters (lactones) is 1. The molecular formula is C11H12FNO4S. The summed E-state index contributed by atoms with van der Waals surface area (Å²) < 4.78 is 40.2. The van der Waals surface area contributed by atoms with Gasteiger partial charge in [0, 0.05) is 6.26 Å². The number of sulfone groups is 1. The highest BCUT2D eigenvalue weighted by molar-refractivity contribution is 7.90. The van der Waals surface area contributed by atoms with Gasteiger partial charge in [0.15, 0.2) is 15.9 Å². The first-order valence-corrected chi connectivity index (χ1v) is 7.14. The number of ether oxygens (including phenoxy) is 1. The number of nitrogens with one attached hydrogen (secondary N) is 1. The van der Waals surface area contributed by atoms with Gasteiger partial charge in [0.2, 0.25) is 0 Å². The Morgan fingerprint density at radius 3 is 2.44 bits per heavy atom. The number of halogens is 1. The Kier molecular flexibility index (Phi) is 3.25. The van der Waals surface area contributed by atoms with Crippen LogP contribution in [0.2, 0.25) is 0 Å². The molecule has 1 aliphatic heterocycles. The lowest BCUT2D eigenvalue weighted by atomic mass is 10.0. The summed E-state index contributed by atoms with van der Waals surface area (Å²) in [5.41, 5.74) is 0.559. The van der Waals surface area contributed by atoms with E-state index >= 15 is 0 Å². The van der Waals surface area contributed by atoms with Crippen LogP contribution in [0.3, 0.4) is 0 Å². The molecule has 0 unspecified atom stereocenters. The number of carbonyl (C=O) groups is 1. The molecule has 1 saturated heterocycles. The molecule has 2 atom stereocenters. The van der Waals surface area contributed by atoms with Crippen molar-refractivity contribution in [3.8, 4) is 0 Å². The highest BCUT2D eigenvalue weighted by Crippen LogP contribution is 2.27. The van der Waals surface area contributed by atoms with Gasteiger partial charge < -0.3 is 10.1 Å². The third-order valence-corrected chi connectivity index (χ3v) is 3.83. The van der Waals surface area contributed by atoms with Crippen LogP contribution in [-0.2, 0) is 14.6 Å². The Labute approximate surface area is 104 Å². The van der Waals surface area contributed by atoms with E-state index in [1.165, 1.54) is 24.3 Å². The van der Waals surface area contributed by atoms with E-state index < -0.39 is 34.8 Å². The number of carbonyl (C=O) groups excluding carboxylic acids is 1. The molecule has 1 aromatic rings. The summed E-state index contributed by atoms with van der Waals surface area (Å²) in [6.07, 6.45) is -0.297. The van der Waals surface area contributed by atoms with Gasteiger partial charge in [-0.25, -0.2) is 17.6 Å². The Hall–Kier alpha value is -1.63. The molecular weight excluding hydrogens is 261 g/mol. The Morgan fingerprint density at radius 1 is 1.33 bits per heavy atom. The quantitative estimate of drug-likeness (QED) is 0.898. The van der Waals surface area contributed by atoms with Crippen molar-refractivity contribution in [1.29, 1.82) is 0 Å². The predicted molar refractivity (Wildman–Crippen MR) is 61.7 cm³/mol. The maximum Gasteiger partial charge on any atom is 0.408 e. The van der Waals surface area contributed by atoms with Crippen molar-refractivity contribution >= 4 is 15.9 Å². The summed E-state index contributed by atoms with van der Waals surface area (Å²) in [5, 5.41) is 2.34. The van der Waals surface area contributed by atoms with Crippen molar-refractivity contribution in [1.82, 2.24) is 5.32 Å². The molecule has 0 spiro atoms. The van der Waals surface area contributed by atoms with Gasteiger partial charge in [-0.15, -0.1) is 0 Å². The van der Waals surface area contributed by atoms with Gasteiger partial charge in [0.1, 0.15) is 12.7 Å². The number of benzene rings is 1. The SMILES string of the molecule is CS(=O)(=O)c1ccc([C@H]2OC(=O)N[C@@H]2CF)cc1.